The molecule has 0 rings (SSSR count). The molecule has 14 nitrogen and oxygen atoms in total. The Bertz CT molecular complexity index is 682. The zero-order valence-corrected chi connectivity index (χ0v) is 22.6. The second-order valence-electron chi connectivity index (χ2n) is 8.91. The van der Waals surface area contributed by atoms with Crippen LogP contribution in [-0.4, -0.2) is 118 Å². The third kappa shape index (κ3) is 17.7. The van der Waals surface area contributed by atoms with Crippen molar-refractivity contribution in [2.75, 3.05) is 60.2 Å². The van der Waals surface area contributed by atoms with Crippen LogP contribution in [0.15, 0.2) is 0 Å². The molecule has 0 heterocycles. The molecule has 0 spiro atoms. The van der Waals surface area contributed by atoms with Gasteiger partial charge < -0.3 is 46.3 Å². The zero-order chi connectivity index (χ0) is 28.2. The van der Waals surface area contributed by atoms with Crippen LogP contribution in [-0.2, 0) is 28.7 Å². The number of hydrogen-bond acceptors (Lipinski definition) is 10. The van der Waals surface area contributed by atoms with E-state index in [1.165, 1.54) is 6.92 Å². The number of aliphatic hydroxyl groups is 1. The van der Waals surface area contributed by atoms with Gasteiger partial charge in [0, 0.05) is 26.6 Å². The smallest absolute Gasteiger partial charge is 0.305 e. The van der Waals surface area contributed by atoms with Gasteiger partial charge in [0.05, 0.1) is 44.9 Å². The fraction of sp³-hybridized carbons (Fsp3) is 0.826. The Morgan fingerprint density at radius 2 is 1.49 bits per heavy atom. The molecule has 0 bridgehead atoms. The zero-order valence-electron chi connectivity index (χ0n) is 22.6. The number of rotatable bonds is 22. The fourth-order valence-corrected chi connectivity index (χ4v) is 3.30. The average molecular weight is 535 g/mol. The highest BCUT2D eigenvalue weighted by Crippen LogP contribution is 2.07. The molecule has 0 aliphatic rings. The summed E-state index contributed by atoms with van der Waals surface area (Å²) in [5.74, 6) is -2.16. The third-order valence-electron chi connectivity index (χ3n) is 5.10. The van der Waals surface area contributed by atoms with Crippen LogP contribution in [0.1, 0.15) is 33.6 Å². The summed E-state index contributed by atoms with van der Waals surface area (Å²) in [5.41, 5.74) is 0. The van der Waals surface area contributed by atoms with E-state index in [0.29, 0.717) is 32.7 Å². The van der Waals surface area contributed by atoms with Gasteiger partial charge in [-0.15, -0.1) is 0 Å². The Kier molecular flexibility index (Phi) is 19.4. The van der Waals surface area contributed by atoms with Gasteiger partial charge in [0.15, 0.2) is 0 Å². The summed E-state index contributed by atoms with van der Waals surface area (Å²) >= 11 is 0. The Labute approximate surface area is 219 Å². The average Bonchev–Trinajstić information content (AvgIpc) is 2.81. The SMILES string of the molecule is CNCC(NC)C(=O)NCCOCCOCCN[C@H](O)[C@H](CC(=O)O)NC(=O)[C@H](CC(C)C)NC(C)=O. The van der Waals surface area contributed by atoms with Crippen LogP contribution in [0.2, 0.25) is 0 Å². The molecular formula is C23H46N6O8. The van der Waals surface area contributed by atoms with E-state index in [1.54, 1.807) is 14.1 Å². The van der Waals surface area contributed by atoms with E-state index in [1.807, 2.05) is 13.8 Å². The lowest BCUT2D eigenvalue weighted by molar-refractivity contribution is -0.139. The molecule has 0 aromatic carbocycles. The van der Waals surface area contributed by atoms with Gasteiger partial charge in [-0.25, -0.2) is 0 Å². The van der Waals surface area contributed by atoms with Gasteiger partial charge in [-0.05, 0) is 26.4 Å². The summed E-state index contributed by atoms with van der Waals surface area (Å²) in [6.07, 6.45) is -1.49. The van der Waals surface area contributed by atoms with Crippen molar-refractivity contribution in [1.82, 2.24) is 31.9 Å². The molecule has 0 saturated carbocycles. The largest absolute Gasteiger partial charge is 0.481 e. The van der Waals surface area contributed by atoms with E-state index in [-0.39, 0.29) is 43.5 Å². The van der Waals surface area contributed by atoms with Crippen molar-refractivity contribution >= 4 is 23.7 Å². The van der Waals surface area contributed by atoms with Crippen molar-refractivity contribution < 1.29 is 38.9 Å². The maximum absolute atomic E-state index is 12.6. The molecule has 216 valence electrons. The molecule has 14 heteroatoms. The Morgan fingerprint density at radius 3 is 2.00 bits per heavy atom. The molecule has 4 atom stereocenters. The van der Waals surface area contributed by atoms with E-state index in [4.69, 9.17) is 9.47 Å². The van der Waals surface area contributed by atoms with Gasteiger partial charge >= 0.3 is 5.97 Å². The van der Waals surface area contributed by atoms with Crippen LogP contribution >= 0.6 is 0 Å². The van der Waals surface area contributed by atoms with Gasteiger partial charge in [-0.3, -0.25) is 24.5 Å². The molecule has 8 N–H and O–H groups in total. The minimum atomic E-state index is -1.34. The van der Waals surface area contributed by atoms with E-state index < -0.39 is 36.6 Å². The number of ether oxygens (including phenoxy) is 2. The first kappa shape index (κ1) is 34.6. The molecule has 0 radical (unpaired) electrons. The summed E-state index contributed by atoms with van der Waals surface area (Å²) < 4.78 is 10.8. The van der Waals surface area contributed by atoms with Gasteiger partial charge in [-0.2, -0.15) is 0 Å². The van der Waals surface area contributed by atoms with E-state index in [2.05, 4.69) is 31.9 Å². The molecule has 0 aromatic rings. The quantitative estimate of drug-likeness (QED) is 0.0533. The standard InChI is InChI=1S/C23H46N6O8/c1-15(2)12-17(28-16(3)30)23(35)29-18(13-20(31)32)21(33)26-6-8-36-10-11-37-9-7-27-22(34)19(25-5)14-24-4/h15,17-19,21,24-26,33H,6-14H2,1-5H3,(H,27,34)(H,28,30)(H,29,35)(H,31,32)/t17-,18-,19?,21+/m0/s1. The fourth-order valence-electron chi connectivity index (χ4n) is 3.30. The lowest BCUT2D eigenvalue weighted by atomic mass is 10.0. The number of carboxylic acids is 1. The second-order valence-corrected chi connectivity index (χ2v) is 8.91. The third-order valence-corrected chi connectivity index (χ3v) is 5.10. The highest BCUT2D eigenvalue weighted by atomic mass is 16.5. The molecular weight excluding hydrogens is 488 g/mol. The summed E-state index contributed by atoms with van der Waals surface area (Å²) in [4.78, 5) is 47.2. The first-order chi connectivity index (χ1) is 17.5. The molecule has 3 amide bonds. The van der Waals surface area contributed by atoms with Crippen LogP contribution in [0.3, 0.4) is 0 Å². The van der Waals surface area contributed by atoms with E-state index in [9.17, 15) is 29.4 Å². The number of aliphatic hydroxyl groups excluding tert-OH is 1. The van der Waals surface area contributed by atoms with Crippen LogP contribution in [0.4, 0.5) is 0 Å². The Balaban J connectivity index is 4.29. The Hall–Kier alpha value is -2.36. The number of amides is 3. The van der Waals surface area contributed by atoms with Gasteiger partial charge in [0.2, 0.25) is 17.7 Å². The number of carbonyl (C=O) groups is 4. The molecule has 37 heavy (non-hydrogen) atoms. The van der Waals surface area contributed by atoms with Crippen molar-refractivity contribution in [2.24, 2.45) is 5.92 Å². The first-order valence-electron chi connectivity index (χ1n) is 12.5. The lowest BCUT2D eigenvalue weighted by Crippen LogP contribution is -2.56. The van der Waals surface area contributed by atoms with Crippen LogP contribution in [0, 0.1) is 5.92 Å². The van der Waals surface area contributed by atoms with Crippen molar-refractivity contribution in [3.63, 3.8) is 0 Å². The topological polar surface area (TPSA) is 199 Å². The normalized spacial score (nSPS) is 14.5. The van der Waals surface area contributed by atoms with E-state index >= 15 is 0 Å². The van der Waals surface area contributed by atoms with Crippen molar-refractivity contribution in [2.45, 2.75) is 58.0 Å². The Morgan fingerprint density at radius 1 is 0.865 bits per heavy atom. The van der Waals surface area contributed by atoms with Crippen LogP contribution < -0.4 is 31.9 Å². The summed E-state index contributed by atoms with van der Waals surface area (Å²) in [6, 6.07) is -2.27. The molecule has 0 fully saturated rings. The van der Waals surface area contributed by atoms with Crippen molar-refractivity contribution in [3.05, 3.63) is 0 Å². The lowest BCUT2D eigenvalue weighted by Gasteiger charge is -2.27. The molecule has 0 aromatic heterocycles. The summed E-state index contributed by atoms with van der Waals surface area (Å²) in [6.45, 7) is 7.28. The van der Waals surface area contributed by atoms with Gasteiger partial charge in [0.1, 0.15) is 12.3 Å². The number of likely N-dealkylation sites (N-methyl/N-ethyl adjacent to an activating group) is 2. The minimum absolute atomic E-state index is 0.109. The van der Waals surface area contributed by atoms with Crippen molar-refractivity contribution in [1.29, 1.82) is 0 Å². The molecule has 0 aliphatic carbocycles. The van der Waals surface area contributed by atoms with Crippen LogP contribution in [0.5, 0.6) is 0 Å². The second kappa shape index (κ2) is 20.7. The highest BCUT2D eigenvalue weighted by Gasteiger charge is 2.28. The molecule has 1 unspecified atom stereocenters. The predicted molar refractivity (Wildman–Crippen MR) is 137 cm³/mol. The van der Waals surface area contributed by atoms with Gasteiger partial charge in [0.25, 0.3) is 0 Å². The number of nitrogens with one attached hydrogen (secondary N) is 6. The number of aliphatic carboxylic acids is 1. The number of carboxylic acid groups (broad SMARTS) is 1. The van der Waals surface area contributed by atoms with E-state index in [0.717, 1.165) is 0 Å². The summed E-state index contributed by atoms with van der Waals surface area (Å²) in [7, 11) is 3.48. The predicted octanol–water partition coefficient (Wildman–Crippen LogP) is -2.64. The number of carbonyl (C=O) groups excluding carboxylic acids is 3. The van der Waals surface area contributed by atoms with Gasteiger partial charge in [-0.1, -0.05) is 13.8 Å². The minimum Gasteiger partial charge on any atom is -0.481 e. The highest BCUT2D eigenvalue weighted by molar-refractivity contribution is 5.87. The van der Waals surface area contributed by atoms with Crippen molar-refractivity contribution in [3.8, 4) is 0 Å². The monoisotopic (exact) mass is 534 g/mol. The maximum Gasteiger partial charge on any atom is 0.305 e. The first-order valence-corrected chi connectivity index (χ1v) is 12.5. The summed E-state index contributed by atoms with van der Waals surface area (Å²) in [5, 5.41) is 36.0. The molecule has 0 aliphatic heterocycles. The maximum atomic E-state index is 12.6. The molecule has 0 saturated heterocycles. The van der Waals surface area contributed by atoms with Crippen LogP contribution in [0.25, 0.3) is 0 Å². The number of hydrogen-bond donors (Lipinski definition) is 8.